The normalized spacial score (nSPS) is 15.6. The van der Waals surface area contributed by atoms with Crippen molar-refractivity contribution in [2.24, 2.45) is 0 Å². The monoisotopic (exact) mass is 670 g/mol. The molecule has 1 unspecified atom stereocenters. The Morgan fingerprint density at radius 1 is 1.15 bits per heavy atom. The van der Waals surface area contributed by atoms with E-state index in [4.69, 9.17) is 22.0 Å². The molecule has 0 spiro atoms. The Kier molecular flexibility index (Phi) is 11.8. The number of fused-ring (bicyclic) bond motifs is 1. The predicted octanol–water partition coefficient (Wildman–Crippen LogP) is 6.42. The van der Waals surface area contributed by atoms with Gasteiger partial charge in [-0.25, -0.2) is 4.98 Å². The number of allylic oxidation sites excluding steroid dienone is 1. The van der Waals surface area contributed by atoms with Crippen molar-refractivity contribution in [1.29, 1.82) is 5.41 Å². The number of benzene rings is 2. The number of anilines is 2. The Morgan fingerprint density at radius 3 is 2.68 bits per heavy atom. The van der Waals surface area contributed by atoms with Gasteiger partial charge in [-0.3, -0.25) is 15.2 Å². The highest BCUT2D eigenvalue weighted by atomic mass is 35.5. The number of hydrogen-bond donors (Lipinski definition) is 5. The molecule has 5 rings (SSSR count). The number of nitrogens with zero attached hydrogens (tertiary/aromatic N) is 3. The summed E-state index contributed by atoms with van der Waals surface area (Å²) in [6.45, 7) is 6.58. The molecule has 0 saturated carbocycles. The van der Waals surface area contributed by atoms with Crippen LogP contribution >= 0.6 is 23.4 Å². The fourth-order valence-corrected chi connectivity index (χ4v) is 6.89. The Bertz CT molecular complexity index is 1830. The number of aromatic nitrogens is 2. The summed E-state index contributed by atoms with van der Waals surface area (Å²) < 4.78 is 0. The molecule has 9 nitrogen and oxygen atoms in total. The quantitative estimate of drug-likeness (QED) is 0.0476. The number of halogens is 1. The molecule has 4 aromatic rings. The SMILES string of the molecule is Cc1c(Nc2nccc3cc(CCN4CCC(O)C4)cnc23)cccc1-c1cccc(C(=N)SC(=C/CCO)/C(Cl)=C\NC=O)c1C. The van der Waals surface area contributed by atoms with Crippen molar-refractivity contribution < 1.29 is 15.0 Å². The molecule has 1 aliphatic heterocycles. The van der Waals surface area contributed by atoms with Gasteiger partial charge in [-0.15, -0.1) is 0 Å². The summed E-state index contributed by atoms with van der Waals surface area (Å²) in [5.74, 6) is 0.678. The van der Waals surface area contributed by atoms with E-state index in [1.807, 2.05) is 49.5 Å². The second kappa shape index (κ2) is 16.2. The van der Waals surface area contributed by atoms with E-state index in [9.17, 15) is 15.0 Å². The molecule has 0 bridgehead atoms. The number of thioether (sulfide) groups is 1. The zero-order valence-electron chi connectivity index (χ0n) is 26.5. The minimum Gasteiger partial charge on any atom is -0.396 e. The van der Waals surface area contributed by atoms with Crippen LogP contribution in [0.1, 0.15) is 35.1 Å². The fraction of sp³-hybridized carbons (Fsp3) is 0.278. The highest BCUT2D eigenvalue weighted by molar-refractivity contribution is 8.17. The van der Waals surface area contributed by atoms with E-state index in [0.717, 1.165) is 82.4 Å². The van der Waals surface area contributed by atoms with Crippen molar-refractivity contribution in [1.82, 2.24) is 20.2 Å². The molecule has 244 valence electrons. The summed E-state index contributed by atoms with van der Waals surface area (Å²) in [7, 11) is 0. The number of likely N-dealkylation sites (tertiary alicyclic amines) is 1. The summed E-state index contributed by atoms with van der Waals surface area (Å²) >= 11 is 7.57. The summed E-state index contributed by atoms with van der Waals surface area (Å²) in [6, 6.07) is 16.1. The summed E-state index contributed by atoms with van der Waals surface area (Å²) in [6.07, 6.45) is 9.21. The van der Waals surface area contributed by atoms with Crippen LogP contribution in [0.5, 0.6) is 0 Å². The van der Waals surface area contributed by atoms with Gasteiger partial charge >= 0.3 is 0 Å². The van der Waals surface area contributed by atoms with Gasteiger partial charge in [0.1, 0.15) is 5.52 Å². The Morgan fingerprint density at radius 2 is 1.94 bits per heavy atom. The van der Waals surface area contributed by atoms with E-state index in [0.29, 0.717) is 28.6 Å². The zero-order valence-corrected chi connectivity index (χ0v) is 28.0. The van der Waals surface area contributed by atoms with Gasteiger partial charge < -0.3 is 25.7 Å². The van der Waals surface area contributed by atoms with E-state index >= 15 is 0 Å². The van der Waals surface area contributed by atoms with Crippen molar-refractivity contribution >= 4 is 57.2 Å². The number of amides is 1. The van der Waals surface area contributed by atoms with Crippen LogP contribution in [0.2, 0.25) is 0 Å². The Hall–Kier alpha value is -4.06. The maximum absolute atomic E-state index is 10.8. The van der Waals surface area contributed by atoms with Crippen LogP contribution in [0.3, 0.4) is 0 Å². The average molecular weight is 671 g/mol. The third-order valence-corrected chi connectivity index (χ3v) is 9.72. The number of β-amino-alcohol motifs (C(OH)–C–C–N with tert-alkyl or cyclic N) is 1. The number of pyridine rings is 2. The molecule has 2 aromatic carbocycles. The molecule has 5 N–H and O–H groups in total. The highest BCUT2D eigenvalue weighted by Gasteiger charge is 2.20. The number of carbonyl (C=O) groups excluding carboxylic acids is 1. The number of carbonyl (C=O) groups is 1. The van der Waals surface area contributed by atoms with Gasteiger partial charge in [0.05, 0.1) is 16.2 Å². The molecular formula is C36H39ClN6O3S. The van der Waals surface area contributed by atoms with E-state index in [-0.39, 0.29) is 17.7 Å². The van der Waals surface area contributed by atoms with Gasteiger partial charge in [-0.05, 0) is 79.1 Å². The first-order valence-corrected chi connectivity index (χ1v) is 16.7. The smallest absolute Gasteiger partial charge is 0.211 e. The lowest BCUT2D eigenvalue weighted by Crippen LogP contribution is -2.24. The lowest BCUT2D eigenvalue weighted by Gasteiger charge is -2.18. The summed E-state index contributed by atoms with van der Waals surface area (Å²) in [5, 5.41) is 35.6. The van der Waals surface area contributed by atoms with E-state index in [1.165, 1.54) is 18.0 Å². The van der Waals surface area contributed by atoms with E-state index in [1.54, 1.807) is 12.3 Å². The second-order valence-corrected chi connectivity index (χ2v) is 12.9. The molecule has 3 heterocycles. The van der Waals surface area contributed by atoms with Crippen molar-refractivity contribution in [2.45, 2.75) is 39.2 Å². The maximum atomic E-state index is 10.8. The predicted molar refractivity (Wildman–Crippen MR) is 192 cm³/mol. The first-order chi connectivity index (χ1) is 22.8. The molecule has 2 aromatic heterocycles. The number of aliphatic hydroxyl groups excluding tert-OH is 2. The highest BCUT2D eigenvalue weighted by Crippen LogP contribution is 2.36. The Balaban J connectivity index is 1.37. The lowest BCUT2D eigenvalue weighted by atomic mass is 9.93. The van der Waals surface area contributed by atoms with Crippen LogP contribution in [-0.2, 0) is 11.2 Å². The first-order valence-electron chi connectivity index (χ1n) is 15.5. The minimum absolute atomic E-state index is 0.0580. The van der Waals surface area contributed by atoms with Gasteiger partial charge in [0.15, 0.2) is 5.82 Å². The molecule has 0 radical (unpaired) electrons. The summed E-state index contributed by atoms with van der Waals surface area (Å²) in [4.78, 5) is 23.0. The number of nitrogens with one attached hydrogen (secondary N) is 3. The largest absolute Gasteiger partial charge is 0.396 e. The Labute approximate surface area is 284 Å². The van der Waals surface area contributed by atoms with E-state index < -0.39 is 0 Å². The molecule has 1 amide bonds. The van der Waals surface area contributed by atoms with Crippen molar-refractivity contribution in [2.75, 3.05) is 31.6 Å². The first kappa shape index (κ1) is 34.3. The molecule has 1 saturated heterocycles. The number of hydrogen-bond acceptors (Lipinski definition) is 9. The third-order valence-electron chi connectivity index (χ3n) is 8.26. The van der Waals surface area contributed by atoms with Gasteiger partial charge in [-0.1, -0.05) is 59.8 Å². The van der Waals surface area contributed by atoms with Crippen LogP contribution in [0, 0.1) is 19.3 Å². The topological polar surface area (TPSA) is 134 Å². The summed E-state index contributed by atoms with van der Waals surface area (Å²) in [5.41, 5.74) is 7.61. The van der Waals surface area contributed by atoms with Crippen molar-refractivity contribution in [3.63, 3.8) is 0 Å². The van der Waals surface area contributed by atoms with Crippen molar-refractivity contribution in [3.05, 3.63) is 105 Å². The van der Waals surface area contributed by atoms with Crippen LogP contribution < -0.4 is 10.6 Å². The van der Waals surface area contributed by atoms with Crippen LogP contribution in [0.25, 0.3) is 22.0 Å². The van der Waals surface area contributed by atoms with Gasteiger partial charge in [0, 0.05) is 66.4 Å². The lowest BCUT2D eigenvalue weighted by molar-refractivity contribution is -0.108. The van der Waals surface area contributed by atoms with Gasteiger partial charge in [0.25, 0.3) is 0 Å². The zero-order chi connectivity index (χ0) is 33.3. The molecule has 0 aliphatic carbocycles. The fourth-order valence-electron chi connectivity index (χ4n) is 5.73. The van der Waals surface area contributed by atoms with Crippen LogP contribution in [-0.4, -0.2) is 68.9 Å². The van der Waals surface area contributed by atoms with Gasteiger partial charge in [0.2, 0.25) is 6.41 Å². The van der Waals surface area contributed by atoms with Crippen LogP contribution in [0.4, 0.5) is 11.5 Å². The maximum Gasteiger partial charge on any atom is 0.211 e. The average Bonchev–Trinajstić information content (AvgIpc) is 3.50. The molecule has 1 fully saturated rings. The van der Waals surface area contributed by atoms with Crippen molar-refractivity contribution in [3.8, 4) is 11.1 Å². The van der Waals surface area contributed by atoms with Crippen LogP contribution in [0.15, 0.2) is 83.1 Å². The van der Waals surface area contributed by atoms with E-state index in [2.05, 4.69) is 39.6 Å². The third kappa shape index (κ3) is 8.46. The molecule has 1 atom stereocenters. The standard InChI is InChI=1S/C36H39ClN6O3S/c1-23-28(6-3-8-30(23)35(38)47-33(10-5-17-44)31(37)20-39-22-45)29-7-4-9-32(24(29)2)42-36-34-26(11-14-40-36)18-25(19-41-34)12-15-43-16-13-27(46)21-43/h3-4,6-11,14,18-20,22,27,38,44,46H,5,12-13,15-17,21H2,1-2H3,(H,39,45)(H,40,42)/b31-20+,33-10+,38-35?. The number of aliphatic hydroxyl groups is 2. The minimum atomic E-state index is -0.217. The second-order valence-electron chi connectivity index (χ2n) is 11.4. The van der Waals surface area contributed by atoms with Gasteiger partial charge in [-0.2, -0.15) is 0 Å². The molecular weight excluding hydrogens is 632 g/mol. The molecule has 11 heteroatoms. The molecule has 1 aliphatic rings. The molecule has 47 heavy (non-hydrogen) atoms. The number of rotatable bonds is 13.